The summed E-state index contributed by atoms with van der Waals surface area (Å²) in [6.45, 7) is 0.762. The zero-order chi connectivity index (χ0) is 11.4. The number of nitrogens with one attached hydrogen (secondary N) is 1. The molecule has 0 atom stereocenters. The maximum absolute atomic E-state index is 12.6. The molecule has 0 saturated carbocycles. The molecule has 1 heterocycles. The van der Waals surface area contributed by atoms with Gasteiger partial charge < -0.3 is 11.1 Å². The highest BCUT2D eigenvalue weighted by Gasteiger charge is 1.98. The molecule has 0 spiro atoms. The van der Waals surface area contributed by atoms with E-state index in [0.29, 0.717) is 5.00 Å². The smallest absolute Gasteiger partial charge is 0.184 e. The maximum Gasteiger partial charge on any atom is 0.184 e. The molecule has 0 amide bonds. The van der Waals surface area contributed by atoms with Gasteiger partial charge in [0.05, 0.1) is 6.20 Å². The Morgan fingerprint density at radius 2 is 2.06 bits per heavy atom. The minimum absolute atomic E-state index is 0.204. The van der Waals surface area contributed by atoms with Crippen molar-refractivity contribution in [1.82, 2.24) is 4.98 Å². The minimum Gasteiger partial charge on any atom is -0.389 e. The number of hydrogen-bond acceptors (Lipinski definition) is 4. The third-order valence-electron chi connectivity index (χ3n) is 2.13. The Labute approximate surface area is 97.1 Å². The lowest BCUT2D eigenvalue weighted by molar-refractivity contribution is 0.627. The van der Waals surface area contributed by atoms with Crippen molar-refractivity contribution < 1.29 is 4.39 Å². The quantitative estimate of drug-likeness (QED) is 0.859. The summed E-state index contributed by atoms with van der Waals surface area (Å²) in [5, 5.41) is 4.68. The van der Waals surface area contributed by atoms with Gasteiger partial charge in [0, 0.05) is 6.54 Å². The van der Waals surface area contributed by atoms with Gasteiger partial charge in [-0.1, -0.05) is 23.5 Å². The first kappa shape index (κ1) is 10.9. The summed E-state index contributed by atoms with van der Waals surface area (Å²) >= 11 is 1.42. The summed E-state index contributed by atoms with van der Waals surface area (Å²) in [5.41, 5.74) is 6.65. The summed E-state index contributed by atoms with van der Waals surface area (Å²) in [4.78, 5) is 4.08. The summed E-state index contributed by atoms with van der Waals surface area (Å²) in [6.07, 6.45) is 2.46. The fourth-order valence-electron chi connectivity index (χ4n) is 1.33. The first-order chi connectivity index (χ1) is 7.74. The molecular weight excluding hydrogens is 225 g/mol. The molecule has 2 rings (SSSR count). The van der Waals surface area contributed by atoms with Gasteiger partial charge in [0.1, 0.15) is 10.8 Å². The molecule has 0 bridgehead atoms. The van der Waals surface area contributed by atoms with Crippen LogP contribution in [0, 0.1) is 5.82 Å². The number of halogens is 1. The normalized spacial score (nSPS) is 10.3. The van der Waals surface area contributed by atoms with Gasteiger partial charge in [-0.05, 0) is 24.1 Å². The molecule has 0 aliphatic rings. The number of nitrogens with zero attached hydrogens (tertiary/aromatic N) is 1. The van der Waals surface area contributed by atoms with E-state index in [1.165, 1.54) is 23.5 Å². The second-order valence-electron chi connectivity index (χ2n) is 3.37. The van der Waals surface area contributed by atoms with E-state index in [0.717, 1.165) is 23.7 Å². The number of hydrogen-bond donors (Lipinski definition) is 2. The van der Waals surface area contributed by atoms with Crippen molar-refractivity contribution >= 4 is 21.5 Å². The van der Waals surface area contributed by atoms with Gasteiger partial charge in [-0.15, -0.1) is 0 Å². The van der Waals surface area contributed by atoms with Crippen molar-refractivity contribution in [3.8, 4) is 0 Å². The molecule has 0 aliphatic carbocycles. The highest BCUT2D eigenvalue weighted by Crippen LogP contribution is 2.19. The molecule has 0 fully saturated rings. The Kier molecular flexibility index (Phi) is 3.36. The maximum atomic E-state index is 12.6. The summed E-state index contributed by atoms with van der Waals surface area (Å²) in [7, 11) is 0. The van der Waals surface area contributed by atoms with Crippen LogP contribution >= 0.6 is 11.3 Å². The Balaban J connectivity index is 1.82. The van der Waals surface area contributed by atoms with Gasteiger partial charge in [0.25, 0.3) is 0 Å². The van der Waals surface area contributed by atoms with E-state index in [1.807, 2.05) is 0 Å². The van der Waals surface area contributed by atoms with Gasteiger partial charge in [-0.3, -0.25) is 0 Å². The topological polar surface area (TPSA) is 50.9 Å². The van der Waals surface area contributed by atoms with E-state index in [2.05, 4.69) is 10.3 Å². The van der Waals surface area contributed by atoms with E-state index in [-0.39, 0.29) is 5.82 Å². The van der Waals surface area contributed by atoms with Crippen LogP contribution in [0.1, 0.15) is 5.56 Å². The van der Waals surface area contributed by atoms with Crippen LogP contribution in [0.15, 0.2) is 30.5 Å². The average Bonchev–Trinajstić information content (AvgIpc) is 2.67. The lowest BCUT2D eigenvalue weighted by Gasteiger charge is -2.02. The monoisotopic (exact) mass is 237 g/mol. The Hall–Kier alpha value is -1.62. The Morgan fingerprint density at radius 3 is 2.69 bits per heavy atom. The SMILES string of the molecule is Nc1cnc(NCCc2ccc(F)cc2)s1. The number of aromatic nitrogens is 1. The molecular formula is C11H12FN3S. The van der Waals surface area contributed by atoms with Gasteiger partial charge in [-0.25, -0.2) is 9.37 Å². The van der Waals surface area contributed by atoms with Crippen molar-refractivity contribution in [2.24, 2.45) is 0 Å². The number of anilines is 2. The molecule has 5 heteroatoms. The van der Waals surface area contributed by atoms with Crippen LogP contribution in [0.25, 0.3) is 0 Å². The third-order valence-corrected chi connectivity index (χ3v) is 2.91. The first-order valence-corrected chi connectivity index (χ1v) is 5.75. The zero-order valence-corrected chi connectivity index (χ0v) is 9.43. The van der Waals surface area contributed by atoms with Crippen molar-refractivity contribution in [2.75, 3.05) is 17.6 Å². The van der Waals surface area contributed by atoms with E-state index in [4.69, 9.17) is 5.73 Å². The molecule has 3 nitrogen and oxygen atoms in total. The molecule has 0 unspecified atom stereocenters. The number of rotatable bonds is 4. The van der Waals surface area contributed by atoms with Crippen LogP contribution in [-0.2, 0) is 6.42 Å². The zero-order valence-electron chi connectivity index (χ0n) is 8.61. The van der Waals surface area contributed by atoms with E-state index in [1.54, 1.807) is 18.3 Å². The largest absolute Gasteiger partial charge is 0.389 e. The summed E-state index contributed by atoms with van der Waals surface area (Å²) < 4.78 is 12.6. The number of nitrogens with two attached hydrogens (primary N) is 1. The molecule has 0 saturated heterocycles. The van der Waals surface area contributed by atoms with Crippen LogP contribution < -0.4 is 11.1 Å². The fourth-order valence-corrected chi connectivity index (χ4v) is 1.94. The van der Waals surface area contributed by atoms with Gasteiger partial charge in [0.15, 0.2) is 5.13 Å². The van der Waals surface area contributed by atoms with E-state index < -0.39 is 0 Å². The number of thiazole rings is 1. The number of benzene rings is 1. The lowest BCUT2D eigenvalue weighted by atomic mass is 10.1. The molecule has 0 aliphatic heterocycles. The van der Waals surface area contributed by atoms with Crippen molar-refractivity contribution in [3.05, 3.63) is 41.8 Å². The van der Waals surface area contributed by atoms with Crippen LogP contribution in [0.2, 0.25) is 0 Å². The molecule has 1 aromatic carbocycles. The highest BCUT2D eigenvalue weighted by molar-refractivity contribution is 7.19. The van der Waals surface area contributed by atoms with E-state index >= 15 is 0 Å². The molecule has 0 radical (unpaired) electrons. The van der Waals surface area contributed by atoms with E-state index in [9.17, 15) is 4.39 Å². The summed E-state index contributed by atoms with van der Waals surface area (Å²) in [6, 6.07) is 6.51. The molecule has 1 aromatic heterocycles. The van der Waals surface area contributed by atoms with Gasteiger partial charge in [-0.2, -0.15) is 0 Å². The predicted molar refractivity (Wildman–Crippen MR) is 65.1 cm³/mol. The van der Waals surface area contributed by atoms with Gasteiger partial charge in [0.2, 0.25) is 0 Å². The van der Waals surface area contributed by atoms with Crippen molar-refractivity contribution in [2.45, 2.75) is 6.42 Å². The molecule has 3 N–H and O–H groups in total. The highest BCUT2D eigenvalue weighted by atomic mass is 32.1. The molecule has 84 valence electrons. The number of nitrogen functional groups attached to an aromatic ring is 1. The Morgan fingerprint density at radius 1 is 1.31 bits per heavy atom. The lowest BCUT2D eigenvalue weighted by Crippen LogP contribution is -2.04. The van der Waals surface area contributed by atoms with Crippen LogP contribution in [0.5, 0.6) is 0 Å². The third kappa shape index (κ3) is 2.93. The van der Waals surface area contributed by atoms with Crippen LogP contribution in [-0.4, -0.2) is 11.5 Å². The first-order valence-electron chi connectivity index (χ1n) is 4.93. The fraction of sp³-hybridized carbons (Fsp3) is 0.182. The Bertz CT molecular complexity index is 453. The van der Waals surface area contributed by atoms with Crippen molar-refractivity contribution in [1.29, 1.82) is 0 Å². The second kappa shape index (κ2) is 4.94. The second-order valence-corrected chi connectivity index (χ2v) is 4.43. The van der Waals surface area contributed by atoms with Crippen molar-refractivity contribution in [3.63, 3.8) is 0 Å². The molecule has 2 aromatic rings. The predicted octanol–water partition coefficient (Wildman–Crippen LogP) is 2.52. The average molecular weight is 237 g/mol. The summed E-state index contributed by atoms with van der Waals surface area (Å²) in [5.74, 6) is -0.204. The van der Waals surface area contributed by atoms with Crippen LogP contribution in [0.3, 0.4) is 0 Å². The standard InChI is InChI=1S/C11H12FN3S/c12-9-3-1-8(2-4-9)5-6-14-11-15-7-10(13)16-11/h1-4,7H,5-6,13H2,(H,14,15). The van der Waals surface area contributed by atoms with Crippen LogP contribution in [0.4, 0.5) is 14.5 Å². The molecule has 16 heavy (non-hydrogen) atoms. The van der Waals surface area contributed by atoms with Gasteiger partial charge >= 0.3 is 0 Å². The minimum atomic E-state index is -0.204.